The van der Waals surface area contributed by atoms with Crippen molar-refractivity contribution in [1.29, 1.82) is 0 Å². The van der Waals surface area contributed by atoms with Gasteiger partial charge >= 0.3 is 0 Å². The Hall–Kier alpha value is -1.64. The lowest BCUT2D eigenvalue weighted by atomic mass is 10.0. The quantitative estimate of drug-likeness (QED) is 0.874. The Balaban J connectivity index is 1.63. The smallest absolute Gasteiger partial charge is 0.0424 e. The Morgan fingerprint density at radius 3 is 2.24 bits per heavy atom. The van der Waals surface area contributed by atoms with E-state index in [2.05, 4.69) is 60.5 Å². The molecule has 0 aromatic heterocycles. The third kappa shape index (κ3) is 3.93. The van der Waals surface area contributed by atoms with Crippen molar-refractivity contribution >= 4 is 0 Å². The molecule has 2 aromatic carbocycles. The van der Waals surface area contributed by atoms with Crippen LogP contribution in [0.25, 0.3) is 11.1 Å². The van der Waals surface area contributed by atoms with Crippen LogP contribution < -0.4 is 5.73 Å². The number of hydrogen-bond acceptors (Lipinski definition) is 2. The minimum atomic E-state index is 0.0959. The van der Waals surface area contributed by atoms with Crippen LogP contribution in [0.3, 0.4) is 0 Å². The molecular weight excluding hydrogens is 256 g/mol. The lowest BCUT2D eigenvalue weighted by Gasteiger charge is -2.21. The minimum absolute atomic E-state index is 0.0959. The van der Waals surface area contributed by atoms with E-state index in [9.17, 15) is 0 Å². The molecule has 1 saturated carbocycles. The summed E-state index contributed by atoms with van der Waals surface area (Å²) >= 11 is 0. The molecular formula is C19H24N2. The van der Waals surface area contributed by atoms with Gasteiger partial charge in [0.25, 0.3) is 0 Å². The normalized spacial score (nSPS) is 16.1. The first kappa shape index (κ1) is 14.3. The molecule has 2 aromatic rings. The third-order valence-corrected chi connectivity index (χ3v) is 4.22. The molecule has 110 valence electrons. The van der Waals surface area contributed by atoms with Crippen molar-refractivity contribution in [3.8, 4) is 11.1 Å². The first-order valence-electron chi connectivity index (χ1n) is 7.82. The first-order chi connectivity index (χ1) is 10.2. The molecule has 1 aliphatic carbocycles. The second kappa shape index (κ2) is 6.42. The average Bonchev–Trinajstić information content (AvgIpc) is 3.32. The summed E-state index contributed by atoms with van der Waals surface area (Å²) in [5.74, 6) is 0.919. The van der Waals surface area contributed by atoms with Crippen LogP contribution in [0, 0.1) is 5.92 Å². The molecule has 0 spiro atoms. The third-order valence-electron chi connectivity index (χ3n) is 4.22. The van der Waals surface area contributed by atoms with Crippen molar-refractivity contribution in [3.05, 3.63) is 60.2 Å². The van der Waals surface area contributed by atoms with Crippen molar-refractivity contribution in [2.75, 3.05) is 20.1 Å². The van der Waals surface area contributed by atoms with Gasteiger partial charge in [-0.05, 0) is 42.5 Å². The zero-order chi connectivity index (χ0) is 14.7. The molecule has 0 heterocycles. The van der Waals surface area contributed by atoms with Crippen LogP contribution in [-0.4, -0.2) is 25.0 Å². The second-order valence-electron chi connectivity index (χ2n) is 6.26. The zero-order valence-electron chi connectivity index (χ0n) is 12.7. The van der Waals surface area contributed by atoms with Crippen LogP contribution >= 0.6 is 0 Å². The fourth-order valence-corrected chi connectivity index (χ4v) is 2.81. The van der Waals surface area contributed by atoms with E-state index < -0.39 is 0 Å². The summed E-state index contributed by atoms with van der Waals surface area (Å²) in [5.41, 5.74) is 10.1. The summed E-state index contributed by atoms with van der Waals surface area (Å²) in [4.78, 5) is 2.37. The van der Waals surface area contributed by atoms with E-state index >= 15 is 0 Å². The summed E-state index contributed by atoms with van der Waals surface area (Å²) in [7, 11) is 2.18. The number of rotatable bonds is 6. The molecule has 21 heavy (non-hydrogen) atoms. The van der Waals surface area contributed by atoms with E-state index in [0.717, 1.165) is 12.5 Å². The summed E-state index contributed by atoms with van der Waals surface area (Å²) in [6, 6.07) is 19.2. The summed E-state index contributed by atoms with van der Waals surface area (Å²) in [5, 5.41) is 0. The maximum atomic E-state index is 6.34. The predicted octanol–water partition coefficient (Wildman–Crippen LogP) is 3.70. The molecule has 0 aliphatic heterocycles. The van der Waals surface area contributed by atoms with Gasteiger partial charge in [0.1, 0.15) is 0 Å². The Bertz CT molecular complexity index is 558. The van der Waals surface area contributed by atoms with Crippen LogP contribution in [0.4, 0.5) is 0 Å². The summed E-state index contributed by atoms with van der Waals surface area (Å²) in [6.45, 7) is 2.12. The van der Waals surface area contributed by atoms with Crippen LogP contribution in [0.1, 0.15) is 24.4 Å². The summed E-state index contributed by atoms with van der Waals surface area (Å²) < 4.78 is 0. The molecule has 1 fully saturated rings. The van der Waals surface area contributed by atoms with E-state index in [1.54, 1.807) is 0 Å². The van der Waals surface area contributed by atoms with Gasteiger partial charge in [0.05, 0.1) is 0 Å². The molecule has 2 heteroatoms. The van der Waals surface area contributed by atoms with Gasteiger partial charge in [-0.2, -0.15) is 0 Å². The van der Waals surface area contributed by atoms with Crippen LogP contribution in [-0.2, 0) is 0 Å². The molecule has 0 amide bonds. The molecule has 0 saturated heterocycles. The Kier molecular flexibility index (Phi) is 4.37. The van der Waals surface area contributed by atoms with Gasteiger partial charge in [-0.1, -0.05) is 54.6 Å². The lowest BCUT2D eigenvalue weighted by Crippen LogP contribution is -2.30. The Morgan fingerprint density at radius 2 is 1.62 bits per heavy atom. The van der Waals surface area contributed by atoms with Crippen LogP contribution in [0.5, 0.6) is 0 Å². The molecule has 3 rings (SSSR count). The van der Waals surface area contributed by atoms with Gasteiger partial charge in [-0.15, -0.1) is 0 Å². The van der Waals surface area contributed by atoms with E-state index in [1.165, 1.54) is 36.1 Å². The van der Waals surface area contributed by atoms with Gasteiger partial charge in [0, 0.05) is 19.1 Å². The highest BCUT2D eigenvalue weighted by molar-refractivity contribution is 5.63. The number of nitrogens with zero attached hydrogens (tertiary/aromatic N) is 1. The second-order valence-corrected chi connectivity index (χ2v) is 6.26. The van der Waals surface area contributed by atoms with Gasteiger partial charge in [0.2, 0.25) is 0 Å². The number of hydrogen-bond donors (Lipinski definition) is 1. The molecule has 1 atom stereocenters. The first-order valence-corrected chi connectivity index (χ1v) is 7.82. The van der Waals surface area contributed by atoms with Crippen molar-refractivity contribution in [1.82, 2.24) is 4.90 Å². The number of benzene rings is 2. The Morgan fingerprint density at radius 1 is 1.00 bits per heavy atom. The SMILES string of the molecule is CN(CC1CC1)CC(N)c1ccc(-c2ccccc2)cc1. The van der Waals surface area contributed by atoms with E-state index in [4.69, 9.17) is 5.73 Å². The zero-order valence-corrected chi connectivity index (χ0v) is 12.7. The molecule has 2 nitrogen and oxygen atoms in total. The van der Waals surface area contributed by atoms with Crippen LogP contribution in [0.2, 0.25) is 0 Å². The fraction of sp³-hybridized carbons (Fsp3) is 0.368. The maximum Gasteiger partial charge on any atom is 0.0424 e. The minimum Gasteiger partial charge on any atom is -0.323 e. The van der Waals surface area contributed by atoms with E-state index in [1.807, 2.05) is 6.07 Å². The van der Waals surface area contributed by atoms with E-state index in [0.29, 0.717) is 0 Å². The maximum absolute atomic E-state index is 6.34. The average molecular weight is 280 g/mol. The Labute approximate surface area is 127 Å². The highest BCUT2D eigenvalue weighted by Crippen LogP contribution is 2.29. The van der Waals surface area contributed by atoms with Crippen molar-refractivity contribution in [3.63, 3.8) is 0 Å². The highest BCUT2D eigenvalue weighted by atomic mass is 15.1. The number of likely N-dealkylation sites (N-methyl/N-ethyl adjacent to an activating group) is 1. The topological polar surface area (TPSA) is 29.3 Å². The predicted molar refractivity (Wildman–Crippen MR) is 89.0 cm³/mol. The molecule has 1 unspecified atom stereocenters. The molecule has 0 radical (unpaired) electrons. The largest absolute Gasteiger partial charge is 0.323 e. The lowest BCUT2D eigenvalue weighted by molar-refractivity contribution is 0.300. The standard InChI is InChI=1S/C19H24N2/c1-21(13-15-7-8-15)14-19(20)18-11-9-17(10-12-18)16-5-3-2-4-6-16/h2-6,9-12,15,19H,7-8,13-14,20H2,1H3. The highest BCUT2D eigenvalue weighted by Gasteiger charge is 2.23. The van der Waals surface area contributed by atoms with Crippen molar-refractivity contribution in [2.24, 2.45) is 11.7 Å². The number of nitrogens with two attached hydrogens (primary N) is 1. The molecule has 0 bridgehead atoms. The molecule has 1 aliphatic rings. The van der Waals surface area contributed by atoms with Crippen molar-refractivity contribution in [2.45, 2.75) is 18.9 Å². The van der Waals surface area contributed by atoms with Crippen LogP contribution in [0.15, 0.2) is 54.6 Å². The molecule has 2 N–H and O–H groups in total. The van der Waals surface area contributed by atoms with Crippen molar-refractivity contribution < 1.29 is 0 Å². The summed E-state index contributed by atoms with van der Waals surface area (Å²) in [6.07, 6.45) is 2.79. The fourth-order valence-electron chi connectivity index (χ4n) is 2.81. The van der Waals surface area contributed by atoms with E-state index in [-0.39, 0.29) is 6.04 Å². The van der Waals surface area contributed by atoms with Gasteiger partial charge in [0.15, 0.2) is 0 Å². The monoisotopic (exact) mass is 280 g/mol. The van der Waals surface area contributed by atoms with Gasteiger partial charge in [-0.3, -0.25) is 0 Å². The van der Waals surface area contributed by atoms with Gasteiger partial charge < -0.3 is 10.6 Å². The van der Waals surface area contributed by atoms with Gasteiger partial charge in [-0.25, -0.2) is 0 Å².